The first-order valence-corrected chi connectivity index (χ1v) is 8.06. The summed E-state index contributed by atoms with van der Waals surface area (Å²) in [5, 5.41) is 9.76. The normalized spacial score (nSPS) is 24.0. The molecule has 1 aliphatic rings. The largest absolute Gasteiger partial charge is 0.416 e. The van der Waals surface area contributed by atoms with Gasteiger partial charge in [-0.25, -0.2) is 13.1 Å². The number of nitrogens with one attached hydrogen (secondary N) is 1. The number of benzene rings is 1. The van der Waals surface area contributed by atoms with E-state index in [2.05, 4.69) is 4.72 Å². The van der Waals surface area contributed by atoms with Crippen LogP contribution in [0.1, 0.15) is 31.2 Å². The predicted molar refractivity (Wildman–Crippen MR) is 70.0 cm³/mol. The standard InChI is InChI=1S/C13H16F3NO3S/c14-13(15,16)9-4-3-5-10(8-9)21(19,20)17-11-6-1-2-7-12(11)18/h3-5,8,11-12,17-18H,1-2,6-7H2/t11-,12-/m0/s1. The highest BCUT2D eigenvalue weighted by Crippen LogP contribution is 2.30. The van der Waals surface area contributed by atoms with Crippen molar-refractivity contribution >= 4 is 10.0 Å². The Hall–Kier alpha value is -1.12. The molecule has 0 bridgehead atoms. The first-order chi connectivity index (χ1) is 9.70. The highest BCUT2D eigenvalue weighted by atomic mass is 32.2. The van der Waals surface area contributed by atoms with Gasteiger partial charge in [-0.05, 0) is 31.0 Å². The third-order valence-corrected chi connectivity index (χ3v) is 5.00. The number of hydrogen-bond acceptors (Lipinski definition) is 3. The lowest BCUT2D eigenvalue weighted by atomic mass is 9.93. The number of rotatable bonds is 3. The summed E-state index contributed by atoms with van der Waals surface area (Å²) < 4.78 is 64.4. The van der Waals surface area contributed by atoms with Crippen LogP contribution in [0.25, 0.3) is 0 Å². The summed E-state index contributed by atoms with van der Waals surface area (Å²) in [5.74, 6) is 0. The van der Waals surface area contributed by atoms with Gasteiger partial charge in [0.2, 0.25) is 10.0 Å². The minimum atomic E-state index is -4.60. The van der Waals surface area contributed by atoms with Gasteiger partial charge in [0.05, 0.1) is 16.6 Å². The van der Waals surface area contributed by atoms with Gasteiger partial charge in [-0.15, -0.1) is 0 Å². The Labute approximate surface area is 121 Å². The van der Waals surface area contributed by atoms with Crippen LogP contribution in [0.2, 0.25) is 0 Å². The van der Waals surface area contributed by atoms with Crippen molar-refractivity contribution < 1.29 is 26.7 Å². The molecule has 1 aliphatic carbocycles. The highest BCUT2D eigenvalue weighted by molar-refractivity contribution is 7.89. The fraction of sp³-hybridized carbons (Fsp3) is 0.538. The van der Waals surface area contributed by atoms with Gasteiger partial charge in [0.25, 0.3) is 0 Å². The summed E-state index contributed by atoms with van der Waals surface area (Å²) in [6.45, 7) is 0. The molecule has 0 amide bonds. The molecule has 1 aromatic rings. The van der Waals surface area contributed by atoms with Gasteiger partial charge in [-0.1, -0.05) is 18.9 Å². The quantitative estimate of drug-likeness (QED) is 0.897. The van der Waals surface area contributed by atoms with Crippen LogP contribution in [0.3, 0.4) is 0 Å². The number of aliphatic hydroxyl groups is 1. The van der Waals surface area contributed by atoms with Crippen molar-refractivity contribution in [3.63, 3.8) is 0 Å². The van der Waals surface area contributed by atoms with Gasteiger partial charge in [0.1, 0.15) is 0 Å². The van der Waals surface area contributed by atoms with Crippen LogP contribution in [0, 0.1) is 0 Å². The van der Waals surface area contributed by atoms with Crippen LogP contribution < -0.4 is 4.72 Å². The van der Waals surface area contributed by atoms with E-state index in [1.165, 1.54) is 0 Å². The van der Waals surface area contributed by atoms with E-state index < -0.39 is 38.8 Å². The fourth-order valence-electron chi connectivity index (χ4n) is 2.36. The molecular formula is C13H16F3NO3S. The third kappa shape index (κ3) is 3.96. The predicted octanol–water partition coefficient (Wildman–Crippen LogP) is 2.29. The second-order valence-electron chi connectivity index (χ2n) is 5.11. The molecule has 4 nitrogen and oxygen atoms in total. The maximum Gasteiger partial charge on any atom is 0.416 e. The number of aliphatic hydroxyl groups excluding tert-OH is 1. The van der Waals surface area contributed by atoms with Crippen LogP contribution in [0.5, 0.6) is 0 Å². The van der Waals surface area contributed by atoms with Crippen LogP contribution >= 0.6 is 0 Å². The Morgan fingerprint density at radius 3 is 2.48 bits per heavy atom. The Kier molecular flexibility index (Phi) is 4.60. The van der Waals surface area contributed by atoms with E-state index in [1.54, 1.807) is 0 Å². The van der Waals surface area contributed by atoms with E-state index >= 15 is 0 Å². The minimum Gasteiger partial charge on any atom is -0.391 e. The topological polar surface area (TPSA) is 66.4 Å². The van der Waals surface area contributed by atoms with E-state index in [1.807, 2.05) is 0 Å². The van der Waals surface area contributed by atoms with E-state index in [0.717, 1.165) is 31.0 Å². The van der Waals surface area contributed by atoms with Crippen LogP contribution in [0.15, 0.2) is 29.2 Å². The van der Waals surface area contributed by atoms with E-state index in [-0.39, 0.29) is 0 Å². The summed E-state index contributed by atoms with van der Waals surface area (Å²) in [6.07, 6.45) is -2.87. The SMILES string of the molecule is O=S(=O)(N[C@H]1CCCC[C@@H]1O)c1cccc(C(F)(F)F)c1. The van der Waals surface area contributed by atoms with E-state index in [0.29, 0.717) is 18.9 Å². The Balaban J connectivity index is 2.23. The third-order valence-electron chi connectivity index (χ3n) is 3.51. The van der Waals surface area contributed by atoms with Gasteiger partial charge >= 0.3 is 6.18 Å². The summed E-state index contributed by atoms with van der Waals surface area (Å²) in [7, 11) is -4.09. The van der Waals surface area contributed by atoms with Crippen molar-refractivity contribution in [3.05, 3.63) is 29.8 Å². The molecule has 1 fully saturated rings. The van der Waals surface area contributed by atoms with Crippen molar-refractivity contribution in [1.29, 1.82) is 0 Å². The molecule has 21 heavy (non-hydrogen) atoms. The first-order valence-electron chi connectivity index (χ1n) is 6.58. The minimum absolute atomic E-state index is 0.449. The lowest BCUT2D eigenvalue weighted by molar-refractivity contribution is -0.137. The van der Waals surface area contributed by atoms with Crippen molar-refractivity contribution in [2.24, 2.45) is 0 Å². The van der Waals surface area contributed by atoms with Gasteiger partial charge in [0.15, 0.2) is 0 Å². The molecule has 2 rings (SSSR count). The number of hydrogen-bond donors (Lipinski definition) is 2. The van der Waals surface area contributed by atoms with Gasteiger partial charge in [0, 0.05) is 6.04 Å². The summed E-state index contributed by atoms with van der Waals surface area (Å²) in [6, 6.07) is 2.91. The first kappa shape index (κ1) is 16.3. The van der Waals surface area contributed by atoms with Crippen molar-refractivity contribution in [3.8, 4) is 0 Å². The van der Waals surface area contributed by atoms with E-state index in [4.69, 9.17) is 0 Å². The molecule has 8 heteroatoms. The molecule has 1 saturated carbocycles. The smallest absolute Gasteiger partial charge is 0.391 e. The Morgan fingerprint density at radius 2 is 1.86 bits per heavy atom. The molecule has 0 aromatic heterocycles. The summed E-state index contributed by atoms with van der Waals surface area (Å²) in [4.78, 5) is -0.449. The number of sulfonamides is 1. The lowest BCUT2D eigenvalue weighted by Gasteiger charge is -2.28. The molecule has 0 heterocycles. The maximum atomic E-state index is 12.6. The van der Waals surface area contributed by atoms with Crippen molar-refractivity contribution in [1.82, 2.24) is 4.72 Å². The van der Waals surface area contributed by atoms with Crippen LogP contribution in [-0.2, 0) is 16.2 Å². The number of alkyl halides is 3. The van der Waals surface area contributed by atoms with Crippen LogP contribution in [-0.4, -0.2) is 25.7 Å². The Morgan fingerprint density at radius 1 is 1.19 bits per heavy atom. The van der Waals surface area contributed by atoms with Gasteiger partial charge in [-0.2, -0.15) is 13.2 Å². The van der Waals surface area contributed by atoms with Gasteiger partial charge < -0.3 is 5.11 Å². The lowest BCUT2D eigenvalue weighted by Crippen LogP contribution is -2.44. The van der Waals surface area contributed by atoms with E-state index in [9.17, 15) is 26.7 Å². The molecule has 0 spiro atoms. The Bertz CT molecular complexity index is 601. The highest BCUT2D eigenvalue weighted by Gasteiger charge is 2.33. The molecule has 1 aromatic carbocycles. The monoisotopic (exact) mass is 323 g/mol. The second kappa shape index (κ2) is 5.94. The molecule has 0 aliphatic heterocycles. The molecule has 2 N–H and O–H groups in total. The van der Waals surface area contributed by atoms with Crippen molar-refractivity contribution in [2.45, 2.75) is 48.9 Å². The average Bonchev–Trinajstić information content (AvgIpc) is 2.40. The zero-order valence-electron chi connectivity index (χ0n) is 11.1. The average molecular weight is 323 g/mol. The number of halogens is 3. The molecule has 0 saturated heterocycles. The zero-order chi connectivity index (χ0) is 15.7. The van der Waals surface area contributed by atoms with Crippen molar-refractivity contribution in [2.75, 3.05) is 0 Å². The second-order valence-corrected chi connectivity index (χ2v) is 6.82. The molecule has 118 valence electrons. The molecular weight excluding hydrogens is 307 g/mol. The molecule has 0 unspecified atom stereocenters. The molecule has 0 radical (unpaired) electrons. The summed E-state index contributed by atoms with van der Waals surface area (Å²) in [5.41, 5.74) is -1.02. The summed E-state index contributed by atoms with van der Waals surface area (Å²) >= 11 is 0. The zero-order valence-corrected chi connectivity index (χ0v) is 11.9. The van der Waals surface area contributed by atoms with Crippen LogP contribution in [0.4, 0.5) is 13.2 Å². The molecule has 2 atom stereocenters. The maximum absolute atomic E-state index is 12.6. The fourth-order valence-corrected chi connectivity index (χ4v) is 3.71. The van der Waals surface area contributed by atoms with Gasteiger partial charge in [-0.3, -0.25) is 0 Å².